The van der Waals surface area contributed by atoms with E-state index < -0.39 is 0 Å². The highest BCUT2D eigenvalue weighted by Gasteiger charge is 2.23. The molecule has 0 spiro atoms. The van der Waals surface area contributed by atoms with Crippen molar-refractivity contribution in [3.63, 3.8) is 0 Å². The number of hydrogen-bond donors (Lipinski definition) is 0. The zero-order chi connectivity index (χ0) is 11.9. The summed E-state index contributed by atoms with van der Waals surface area (Å²) in [6, 6.07) is 13.4. The quantitative estimate of drug-likeness (QED) is 0.567. The lowest BCUT2D eigenvalue weighted by atomic mass is 9.84. The molecule has 0 amide bonds. The largest absolute Gasteiger partial charge is 0.0616 e. The molecule has 0 nitrogen and oxygen atoms in total. The van der Waals surface area contributed by atoms with Gasteiger partial charge in [-0.1, -0.05) is 50.2 Å². The third-order valence-electron chi connectivity index (χ3n) is 4.26. The Morgan fingerprint density at radius 3 is 2.53 bits per heavy atom. The molecule has 0 heteroatoms. The summed E-state index contributed by atoms with van der Waals surface area (Å²) in [5.74, 6) is 0. The van der Waals surface area contributed by atoms with E-state index >= 15 is 0 Å². The summed E-state index contributed by atoms with van der Waals surface area (Å²) in [6.07, 6.45) is 5.11. The van der Waals surface area contributed by atoms with Gasteiger partial charge < -0.3 is 0 Å². The fourth-order valence-corrected chi connectivity index (χ4v) is 2.97. The first kappa shape index (κ1) is 10.8. The minimum atomic E-state index is 0.500. The molecule has 0 aromatic heterocycles. The molecule has 0 unspecified atom stereocenters. The minimum Gasteiger partial charge on any atom is -0.0616 e. The number of benzene rings is 2. The maximum Gasteiger partial charge on any atom is -0.0149 e. The molecule has 2 aromatic rings. The number of aryl methyl sites for hydroxylation is 2. The fourth-order valence-electron chi connectivity index (χ4n) is 2.97. The Morgan fingerprint density at radius 2 is 1.65 bits per heavy atom. The van der Waals surface area contributed by atoms with E-state index in [2.05, 4.69) is 50.2 Å². The molecule has 0 heterocycles. The first-order chi connectivity index (χ1) is 8.16. The van der Waals surface area contributed by atoms with Crippen molar-refractivity contribution in [3.05, 3.63) is 47.5 Å². The Bertz CT molecular complexity index is 549. The smallest absolute Gasteiger partial charge is 0.0149 e. The molecule has 0 bridgehead atoms. The molecule has 0 saturated carbocycles. The summed E-state index contributed by atoms with van der Waals surface area (Å²) in [7, 11) is 0. The third-order valence-corrected chi connectivity index (χ3v) is 4.26. The van der Waals surface area contributed by atoms with Crippen molar-refractivity contribution in [1.29, 1.82) is 0 Å². The van der Waals surface area contributed by atoms with E-state index in [1.165, 1.54) is 36.5 Å². The predicted octanol–water partition coefficient (Wildman–Crippen LogP) is 4.74. The molecule has 0 atom stereocenters. The molecule has 1 aliphatic carbocycles. The average Bonchev–Trinajstić information content (AvgIpc) is 2.49. The predicted molar refractivity (Wildman–Crippen MR) is 74.4 cm³/mol. The van der Waals surface area contributed by atoms with Crippen LogP contribution in [0.1, 0.15) is 37.8 Å². The highest BCUT2D eigenvalue weighted by molar-refractivity contribution is 5.86. The van der Waals surface area contributed by atoms with Gasteiger partial charge in [-0.15, -0.1) is 0 Å². The van der Waals surface area contributed by atoms with Gasteiger partial charge in [0.25, 0.3) is 0 Å². The SMILES string of the molecule is CC1(C)CCc2ccc3ccccc3c2CC1. The van der Waals surface area contributed by atoms with Crippen LogP contribution in [-0.2, 0) is 12.8 Å². The maximum absolute atomic E-state index is 2.40. The van der Waals surface area contributed by atoms with Crippen LogP contribution < -0.4 is 0 Å². The van der Waals surface area contributed by atoms with Crippen molar-refractivity contribution in [1.82, 2.24) is 0 Å². The van der Waals surface area contributed by atoms with Crippen LogP contribution in [0.25, 0.3) is 10.8 Å². The van der Waals surface area contributed by atoms with Gasteiger partial charge in [-0.05, 0) is 53.0 Å². The molecule has 0 saturated heterocycles. The molecule has 3 rings (SSSR count). The van der Waals surface area contributed by atoms with Gasteiger partial charge in [0.15, 0.2) is 0 Å². The van der Waals surface area contributed by atoms with Crippen molar-refractivity contribution in [2.24, 2.45) is 5.41 Å². The average molecular weight is 224 g/mol. The highest BCUT2D eigenvalue weighted by atomic mass is 14.3. The topological polar surface area (TPSA) is 0 Å². The first-order valence-electron chi connectivity index (χ1n) is 6.65. The second kappa shape index (κ2) is 3.87. The van der Waals surface area contributed by atoms with Crippen LogP contribution in [0.2, 0.25) is 0 Å². The van der Waals surface area contributed by atoms with Crippen LogP contribution in [0, 0.1) is 5.41 Å². The Hall–Kier alpha value is -1.30. The van der Waals surface area contributed by atoms with E-state index in [0.717, 1.165) is 0 Å². The van der Waals surface area contributed by atoms with Gasteiger partial charge in [-0.2, -0.15) is 0 Å². The fraction of sp³-hybridized carbons (Fsp3) is 0.412. The van der Waals surface area contributed by atoms with Crippen LogP contribution in [0.3, 0.4) is 0 Å². The van der Waals surface area contributed by atoms with Crippen molar-refractivity contribution >= 4 is 10.8 Å². The number of rotatable bonds is 0. The summed E-state index contributed by atoms with van der Waals surface area (Å²) >= 11 is 0. The van der Waals surface area contributed by atoms with Gasteiger partial charge in [0.1, 0.15) is 0 Å². The van der Waals surface area contributed by atoms with Gasteiger partial charge in [-0.25, -0.2) is 0 Å². The van der Waals surface area contributed by atoms with Crippen LogP contribution >= 0.6 is 0 Å². The Kier molecular flexibility index (Phi) is 2.47. The Balaban J connectivity index is 2.15. The lowest BCUT2D eigenvalue weighted by Crippen LogP contribution is -2.10. The summed E-state index contributed by atoms with van der Waals surface area (Å²) < 4.78 is 0. The molecule has 0 radical (unpaired) electrons. The summed E-state index contributed by atoms with van der Waals surface area (Å²) in [6.45, 7) is 4.81. The molecule has 0 N–H and O–H groups in total. The molecule has 0 fully saturated rings. The standard InChI is InChI=1S/C17H20/c1-17(2)11-9-14-8-7-13-5-3-4-6-15(13)16(14)10-12-17/h3-8H,9-12H2,1-2H3. The van der Waals surface area contributed by atoms with Gasteiger partial charge in [-0.3, -0.25) is 0 Å². The summed E-state index contributed by atoms with van der Waals surface area (Å²) in [4.78, 5) is 0. The van der Waals surface area contributed by atoms with E-state index in [-0.39, 0.29) is 0 Å². The molecule has 0 aliphatic heterocycles. The van der Waals surface area contributed by atoms with Gasteiger partial charge in [0, 0.05) is 0 Å². The second-order valence-corrected chi connectivity index (χ2v) is 6.09. The number of hydrogen-bond acceptors (Lipinski definition) is 0. The van der Waals surface area contributed by atoms with Gasteiger partial charge >= 0.3 is 0 Å². The lowest BCUT2D eigenvalue weighted by Gasteiger charge is -2.21. The van der Waals surface area contributed by atoms with Crippen LogP contribution in [-0.4, -0.2) is 0 Å². The van der Waals surface area contributed by atoms with Gasteiger partial charge in [0.05, 0.1) is 0 Å². The van der Waals surface area contributed by atoms with Crippen molar-refractivity contribution < 1.29 is 0 Å². The molecular weight excluding hydrogens is 204 g/mol. The first-order valence-corrected chi connectivity index (χ1v) is 6.65. The maximum atomic E-state index is 2.40. The Morgan fingerprint density at radius 1 is 0.882 bits per heavy atom. The van der Waals surface area contributed by atoms with Crippen LogP contribution in [0.4, 0.5) is 0 Å². The van der Waals surface area contributed by atoms with Crippen molar-refractivity contribution in [2.45, 2.75) is 39.5 Å². The second-order valence-electron chi connectivity index (χ2n) is 6.09. The zero-order valence-electron chi connectivity index (χ0n) is 10.8. The zero-order valence-corrected chi connectivity index (χ0v) is 10.8. The van der Waals surface area contributed by atoms with E-state index in [1.807, 2.05) is 0 Å². The molecular formula is C17H20. The lowest BCUT2D eigenvalue weighted by molar-refractivity contribution is 0.317. The normalized spacial score (nSPS) is 18.7. The summed E-state index contributed by atoms with van der Waals surface area (Å²) in [5, 5.41) is 2.87. The summed E-state index contributed by atoms with van der Waals surface area (Å²) in [5.41, 5.74) is 3.68. The Labute approximate surface area is 104 Å². The van der Waals surface area contributed by atoms with Crippen molar-refractivity contribution in [3.8, 4) is 0 Å². The van der Waals surface area contributed by atoms with Crippen LogP contribution in [0.5, 0.6) is 0 Å². The van der Waals surface area contributed by atoms with E-state index in [1.54, 1.807) is 11.1 Å². The molecule has 2 aromatic carbocycles. The third kappa shape index (κ3) is 1.97. The van der Waals surface area contributed by atoms with Crippen molar-refractivity contribution in [2.75, 3.05) is 0 Å². The van der Waals surface area contributed by atoms with E-state index in [9.17, 15) is 0 Å². The number of fused-ring (bicyclic) bond motifs is 3. The monoisotopic (exact) mass is 224 g/mol. The van der Waals surface area contributed by atoms with E-state index in [4.69, 9.17) is 0 Å². The van der Waals surface area contributed by atoms with E-state index in [0.29, 0.717) is 5.41 Å². The van der Waals surface area contributed by atoms with Gasteiger partial charge in [0.2, 0.25) is 0 Å². The van der Waals surface area contributed by atoms with Crippen LogP contribution in [0.15, 0.2) is 36.4 Å². The minimum absolute atomic E-state index is 0.500. The molecule has 17 heavy (non-hydrogen) atoms. The highest BCUT2D eigenvalue weighted by Crippen LogP contribution is 2.36. The molecule has 1 aliphatic rings. The molecule has 88 valence electrons.